The maximum absolute atomic E-state index is 12.4. The highest BCUT2D eigenvalue weighted by Gasteiger charge is 2.22. The van der Waals surface area contributed by atoms with E-state index in [1.54, 1.807) is 12.1 Å². The van der Waals surface area contributed by atoms with Crippen molar-refractivity contribution in [1.29, 1.82) is 0 Å². The normalized spacial score (nSPS) is 15.2. The van der Waals surface area contributed by atoms with Crippen molar-refractivity contribution in [3.8, 4) is 0 Å². The van der Waals surface area contributed by atoms with Gasteiger partial charge >= 0.3 is 0 Å². The van der Waals surface area contributed by atoms with Gasteiger partial charge in [-0.1, -0.05) is 5.16 Å². The molecule has 0 N–H and O–H groups in total. The topological polar surface area (TPSA) is 92.7 Å². The van der Waals surface area contributed by atoms with Gasteiger partial charge in [0.25, 0.3) is 5.69 Å². The van der Waals surface area contributed by atoms with E-state index in [0.717, 1.165) is 29.4 Å². The van der Waals surface area contributed by atoms with Crippen LogP contribution in [0.4, 0.5) is 5.69 Å². The molecule has 1 aromatic carbocycles. The van der Waals surface area contributed by atoms with Crippen LogP contribution in [0, 0.1) is 17.0 Å². The lowest BCUT2D eigenvalue weighted by Crippen LogP contribution is -2.48. The number of aromatic nitrogens is 1. The fraction of sp³-hybridized carbons (Fsp3) is 0.412. The molecule has 9 heteroatoms. The zero-order valence-corrected chi connectivity index (χ0v) is 15.3. The molecule has 0 bridgehead atoms. The maximum atomic E-state index is 12.4. The standard InChI is InChI=1S/C17H20N4O4S/c1-13-10-15(25-18-13)11-19-6-8-20(9-7-19)17(22)12-26-16-4-2-14(3-5-16)21(23)24/h2-5,10H,6-9,11-12H2,1H3. The van der Waals surface area contributed by atoms with Crippen molar-refractivity contribution >= 4 is 23.4 Å². The molecule has 0 aliphatic carbocycles. The second-order valence-electron chi connectivity index (χ2n) is 6.13. The van der Waals surface area contributed by atoms with Crippen LogP contribution in [-0.4, -0.2) is 57.7 Å². The van der Waals surface area contributed by atoms with E-state index in [2.05, 4.69) is 10.1 Å². The second kappa shape index (κ2) is 8.33. The number of aryl methyl sites for hydroxylation is 1. The summed E-state index contributed by atoms with van der Waals surface area (Å²) < 4.78 is 5.23. The molecule has 0 spiro atoms. The molecule has 1 saturated heterocycles. The van der Waals surface area contributed by atoms with Crippen LogP contribution in [0.15, 0.2) is 39.8 Å². The third-order valence-electron chi connectivity index (χ3n) is 4.19. The first-order chi connectivity index (χ1) is 12.5. The van der Waals surface area contributed by atoms with Crippen molar-refractivity contribution in [2.75, 3.05) is 31.9 Å². The summed E-state index contributed by atoms with van der Waals surface area (Å²) in [5.74, 6) is 1.26. The van der Waals surface area contributed by atoms with Crippen LogP contribution in [-0.2, 0) is 11.3 Å². The van der Waals surface area contributed by atoms with Gasteiger partial charge in [0.15, 0.2) is 5.76 Å². The van der Waals surface area contributed by atoms with E-state index < -0.39 is 4.92 Å². The van der Waals surface area contributed by atoms with Gasteiger partial charge in [-0.05, 0) is 19.1 Å². The number of benzene rings is 1. The van der Waals surface area contributed by atoms with Gasteiger partial charge in [0, 0.05) is 49.3 Å². The molecule has 0 atom stereocenters. The van der Waals surface area contributed by atoms with Crippen molar-refractivity contribution in [2.24, 2.45) is 0 Å². The molecule has 2 heterocycles. The number of nitrogens with zero attached hydrogens (tertiary/aromatic N) is 4. The molecule has 138 valence electrons. The van der Waals surface area contributed by atoms with E-state index in [9.17, 15) is 14.9 Å². The molecule has 0 unspecified atom stereocenters. The van der Waals surface area contributed by atoms with Gasteiger partial charge < -0.3 is 9.42 Å². The van der Waals surface area contributed by atoms with Gasteiger partial charge in [0.2, 0.25) is 5.91 Å². The number of non-ortho nitro benzene ring substituents is 1. The maximum Gasteiger partial charge on any atom is 0.269 e. The summed E-state index contributed by atoms with van der Waals surface area (Å²) in [6, 6.07) is 8.19. The van der Waals surface area contributed by atoms with Crippen molar-refractivity contribution < 1.29 is 14.2 Å². The average molecular weight is 376 g/mol. The minimum Gasteiger partial charge on any atom is -0.360 e. The Hall–Kier alpha value is -2.39. The fourth-order valence-electron chi connectivity index (χ4n) is 2.77. The number of piperazine rings is 1. The zero-order chi connectivity index (χ0) is 18.5. The van der Waals surface area contributed by atoms with Crippen molar-refractivity contribution in [3.05, 3.63) is 51.9 Å². The molecule has 1 aliphatic rings. The predicted molar refractivity (Wildman–Crippen MR) is 96.9 cm³/mol. The van der Waals surface area contributed by atoms with E-state index in [1.807, 2.05) is 17.9 Å². The molecule has 8 nitrogen and oxygen atoms in total. The summed E-state index contributed by atoms with van der Waals surface area (Å²) >= 11 is 1.40. The lowest BCUT2D eigenvalue weighted by Gasteiger charge is -2.34. The number of hydrogen-bond acceptors (Lipinski definition) is 7. The number of hydrogen-bond donors (Lipinski definition) is 0. The smallest absolute Gasteiger partial charge is 0.269 e. The number of thioether (sulfide) groups is 1. The highest BCUT2D eigenvalue weighted by Crippen LogP contribution is 2.22. The molecule has 0 radical (unpaired) electrons. The van der Waals surface area contributed by atoms with E-state index >= 15 is 0 Å². The molecular formula is C17H20N4O4S. The second-order valence-corrected chi connectivity index (χ2v) is 7.18. The lowest BCUT2D eigenvalue weighted by atomic mass is 10.3. The number of nitro benzene ring substituents is 1. The Bertz CT molecular complexity index is 769. The van der Waals surface area contributed by atoms with Crippen LogP contribution in [0.5, 0.6) is 0 Å². The average Bonchev–Trinajstić information content (AvgIpc) is 3.05. The minimum absolute atomic E-state index is 0.0544. The SMILES string of the molecule is Cc1cc(CN2CCN(C(=O)CSc3ccc([N+](=O)[O-])cc3)CC2)on1. The van der Waals surface area contributed by atoms with Gasteiger partial charge in [-0.2, -0.15) is 0 Å². The molecule has 1 aromatic heterocycles. The zero-order valence-electron chi connectivity index (χ0n) is 14.5. The van der Waals surface area contributed by atoms with E-state index in [1.165, 1.54) is 23.9 Å². The molecule has 0 saturated carbocycles. The van der Waals surface area contributed by atoms with Crippen LogP contribution >= 0.6 is 11.8 Å². The van der Waals surface area contributed by atoms with Gasteiger partial charge in [0.1, 0.15) is 0 Å². The Labute approximate surface area is 155 Å². The highest BCUT2D eigenvalue weighted by atomic mass is 32.2. The van der Waals surface area contributed by atoms with E-state index in [4.69, 9.17) is 4.52 Å². The van der Waals surface area contributed by atoms with Crippen molar-refractivity contribution in [3.63, 3.8) is 0 Å². The monoisotopic (exact) mass is 376 g/mol. The molecule has 1 amide bonds. The number of rotatable bonds is 6. The molecule has 1 aliphatic heterocycles. The number of carbonyl (C=O) groups excluding carboxylic acids is 1. The quantitative estimate of drug-likeness (QED) is 0.434. The molecular weight excluding hydrogens is 356 g/mol. The first kappa shape index (κ1) is 18.4. The lowest BCUT2D eigenvalue weighted by molar-refractivity contribution is -0.384. The first-order valence-corrected chi connectivity index (χ1v) is 9.29. The van der Waals surface area contributed by atoms with Gasteiger partial charge in [-0.3, -0.25) is 19.8 Å². The Morgan fingerprint density at radius 3 is 2.54 bits per heavy atom. The molecule has 2 aromatic rings. The number of nitro groups is 1. The van der Waals surface area contributed by atoms with Crippen molar-refractivity contribution in [2.45, 2.75) is 18.4 Å². The van der Waals surface area contributed by atoms with Crippen LogP contribution in [0.3, 0.4) is 0 Å². The summed E-state index contributed by atoms with van der Waals surface area (Å²) in [4.78, 5) is 27.5. The van der Waals surface area contributed by atoms with Crippen molar-refractivity contribution in [1.82, 2.24) is 15.0 Å². The van der Waals surface area contributed by atoms with Crippen LogP contribution in [0.1, 0.15) is 11.5 Å². The Morgan fingerprint density at radius 1 is 1.27 bits per heavy atom. The molecule has 26 heavy (non-hydrogen) atoms. The minimum atomic E-state index is -0.431. The molecule has 3 rings (SSSR count). The number of amides is 1. The third-order valence-corrected chi connectivity index (χ3v) is 5.19. The Morgan fingerprint density at radius 2 is 1.96 bits per heavy atom. The first-order valence-electron chi connectivity index (χ1n) is 8.31. The van der Waals surface area contributed by atoms with Crippen LogP contribution in [0.25, 0.3) is 0 Å². The highest BCUT2D eigenvalue weighted by molar-refractivity contribution is 8.00. The summed E-state index contributed by atoms with van der Waals surface area (Å²) in [7, 11) is 0. The fourth-order valence-corrected chi connectivity index (χ4v) is 3.57. The van der Waals surface area contributed by atoms with Crippen LogP contribution in [0.2, 0.25) is 0 Å². The molecule has 1 fully saturated rings. The third kappa shape index (κ3) is 4.83. The van der Waals surface area contributed by atoms with Crippen LogP contribution < -0.4 is 0 Å². The Balaban J connectivity index is 1.42. The Kier molecular flexibility index (Phi) is 5.89. The summed E-state index contributed by atoms with van der Waals surface area (Å²) in [6.07, 6.45) is 0. The summed E-state index contributed by atoms with van der Waals surface area (Å²) in [6.45, 7) is 5.58. The largest absolute Gasteiger partial charge is 0.360 e. The van der Waals surface area contributed by atoms with Gasteiger partial charge in [0.05, 0.1) is 22.9 Å². The summed E-state index contributed by atoms with van der Waals surface area (Å²) in [5.41, 5.74) is 0.927. The summed E-state index contributed by atoms with van der Waals surface area (Å²) in [5, 5.41) is 14.5. The van der Waals surface area contributed by atoms with E-state index in [-0.39, 0.29) is 11.6 Å². The van der Waals surface area contributed by atoms with Gasteiger partial charge in [-0.15, -0.1) is 11.8 Å². The van der Waals surface area contributed by atoms with E-state index in [0.29, 0.717) is 25.4 Å². The number of carbonyl (C=O) groups is 1. The van der Waals surface area contributed by atoms with Gasteiger partial charge in [-0.25, -0.2) is 0 Å². The predicted octanol–water partition coefficient (Wildman–Crippen LogP) is 2.33.